The van der Waals surface area contributed by atoms with Gasteiger partial charge in [-0.15, -0.1) is 0 Å². The maximum Gasteiger partial charge on any atom is 0.255 e. The number of piperidine rings is 1. The predicted molar refractivity (Wildman–Crippen MR) is 124 cm³/mol. The molecule has 1 saturated heterocycles. The molecule has 2 heterocycles. The molecule has 1 aromatic carbocycles. The topological polar surface area (TPSA) is 125 Å². The van der Waals surface area contributed by atoms with Crippen molar-refractivity contribution in [1.29, 1.82) is 0 Å². The number of amides is 4. The standard InChI is InChI=1S/C25H24N4O5/c1-29(21-9-10-22(31)28-24(21)33)25(34)18-8-4-6-16(20(18)14-30)12-27-23(32)19-13-26-17-7-3-2-5-15(19)11-17/h2-8,14,21H,9-13H2,1H3,(H,27,32)(H,28,31,33). The zero-order chi connectivity index (χ0) is 24.2. The van der Waals surface area contributed by atoms with Crippen LogP contribution >= 0.6 is 0 Å². The van der Waals surface area contributed by atoms with E-state index in [1.807, 2.05) is 24.3 Å². The highest BCUT2D eigenvalue weighted by Crippen LogP contribution is 2.22. The number of carbonyl (C=O) groups is 5. The number of rotatable bonds is 6. The maximum absolute atomic E-state index is 13.1. The summed E-state index contributed by atoms with van der Waals surface area (Å²) in [6, 6.07) is 3.99. The number of benzene rings is 1. The number of nitrogens with zero attached hydrogens (tertiary/aromatic N) is 2. The van der Waals surface area contributed by atoms with Gasteiger partial charge in [-0.25, -0.2) is 0 Å². The molecule has 1 aliphatic carbocycles. The first-order valence-corrected chi connectivity index (χ1v) is 10.9. The molecule has 0 radical (unpaired) electrons. The normalized spacial score (nSPS) is 19.2. The van der Waals surface area contributed by atoms with Gasteiger partial charge in [-0.1, -0.05) is 30.4 Å². The van der Waals surface area contributed by atoms with Gasteiger partial charge in [0.2, 0.25) is 17.7 Å². The van der Waals surface area contributed by atoms with E-state index >= 15 is 0 Å². The predicted octanol–water partition coefficient (Wildman–Crippen LogP) is 1.26. The van der Waals surface area contributed by atoms with Crippen LogP contribution in [0.15, 0.2) is 58.6 Å². The van der Waals surface area contributed by atoms with Crippen LogP contribution in [-0.4, -0.2) is 60.2 Å². The van der Waals surface area contributed by atoms with Crippen molar-refractivity contribution in [2.75, 3.05) is 13.6 Å². The van der Waals surface area contributed by atoms with Crippen LogP contribution in [0.3, 0.4) is 0 Å². The summed E-state index contributed by atoms with van der Waals surface area (Å²) in [7, 11) is 1.46. The zero-order valence-electron chi connectivity index (χ0n) is 18.7. The van der Waals surface area contributed by atoms with Gasteiger partial charge in [0, 0.05) is 43.3 Å². The molecule has 1 fully saturated rings. The SMILES string of the molecule is CN(C(=O)c1cccc(CNC(=O)C2=C3C=CC=CC(=NC2)C3)c1C=O)C1CCC(=O)NC1=O. The van der Waals surface area contributed by atoms with E-state index in [4.69, 9.17) is 0 Å². The average Bonchev–Trinajstić information content (AvgIpc) is 3.02. The molecule has 0 spiro atoms. The van der Waals surface area contributed by atoms with Crippen LogP contribution in [0.4, 0.5) is 0 Å². The van der Waals surface area contributed by atoms with Crippen LogP contribution in [-0.2, 0) is 20.9 Å². The number of allylic oxidation sites excluding steroid dienone is 5. The summed E-state index contributed by atoms with van der Waals surface area (Å²) >= 11 is 0. The molecule has 4 rings (SSSR count). The van der Waals surface area contributed by atoms with E-state index in [1.54, 1.807) is 12.1 Å². The second kappa shape index (κ2) is 9.78. The second-order valence-electron chi connectivity index (χ2n) is 8.27. The highest BCUT2D eigenvalue weighted by molar-refractivity contribution is 6.07. The van der Waals surface area contributed by atoms with Gasteiger partial charge in [-0.05, 0) is 29.7 Å². The van der Waals surface area contributed by atoms with Gasteiger partial charge >= 0.3 is 0 Å². The molecule has 1 unspecified atom stereocenters. The Balaban J connectivity index is 1.50. The molecular weight excluding hydrogens is 436 g/mol. The Hall–Kier alpha value is -4.14. The van der Waals surface area contributed by atoms with Crippen molar-refractivity contribution in [2.45, 2.75) is 31.8 Å². The third-order valence-electron chi connectivity index (χ3n) is 6.15. The van der Waals surface area contributed by atoms with Crippen molar-refractivity contribution in [2.24, 2.45) is 4.99 Å². The van der Waals surface area contributed by atoms with Gasteiger partial charge in [0.1, 0.15) is 6.04 Å². The summed E-state index contributed by atoms with van der Waals surface area (Å²) in [6.07, 6.45) is 9.08. The fourth-order valence-electron chi connectivity index (χ4n) is 4.23. The van der Waals surface area contributed by atoms with Crippen molar-refractivity contribution >= 4 is 35.6 Å². The highest BCUT2D eigenvalue weighted by atomic mass is 16.2. The van der Waals surface area contributed by atoms with E-state index in [-0.39, 0.29) is 48.9 Å². The largest absolute Gasteiger partial charge is 0.348 e. The van der Waals surface area contributed by atoms with Crippen molar-refractivity contribution in [3.63, 3.8) is 0 Å². The lowest BCUT2D eigenvalue weighted by atomic mass is 9.97. The number of dihydropyridines is 1. The summed E-state index contributed by atoms with van der Waals surface area (Å²) in [5, 5.41) is 5.06. The summed E-state index contributed by atoms with van der Waals surface area (Å²) in [5.74, 6) is -1.71. The van der Waals surface area contributed by atoms with Crippen LogP contribution in [0.2, 0.25) is 0 Å². The van der Waals surface area contributed by atoms with Crippen LogP contribution < -0.4 is 10.6 Å². The monoisotopic (exact) mass is 460 g/mol. The van der Waals surface area contributed by atoms with Crippen molar-refractivity contribution in [1.82, 2.24) is 15.5 Å². The fourth-order valence-corrected chi connectivity index (χ4v) is 4.23. The minimum Gasteiger partial charge on any atom is -0.348 e. The molecule has 2 N–H and O–H groups in total. The van der Waals surface area contributed by atoms with E-state index in [9.17, 15) is 24.0 Å². The van der Waals surface area contributed by atoms with Crippen LogP contribution in [0.5, 0.6) is 0 Å². The summed E-state index contributed by atoms with van der Waals surface area (Å²) in [4.78, 5) is 67.1. The number of hydrogen-bond acceptors (Lipinski definition) is 6. The molecule has 174 valence electrons. The molecular formula is C25H24N4O5. The fraction of sp³-hybridized carbons (Fsp3) is 0.280. The van der Waals surface area contributed by atoms with Crippen molar-refractivity contribution in [3.05, 3.63) is 70.3 Å². The van der Waals surface area contributed by atoms with Crippen LogP contribution in [0, 0.1) is 0 Å². The van der Waals surface area contributed by atoms with E-state index in [0.717, 1.165) is 11.3 Å². The Morgan fingerprint density at radius 1 is 1.24 bits per heavy atom. The summed E-state index contributed by atoms with van der Waals surface area (Å²) < 4.78 is 0. The zero-order valence-corrected chi connectivity index (χ0v) is 18.7. The smallest absolute Gasteiger partial charge is 0.255 e. The molecule has 3 aliphatic rings. The molecule has 2 aliphatic heterocycles. The van der Waals surface area contributed by atoms with E-state index in [0.29, 0.717) is 23.8 Å². The van der Waals surface area contributed by atoms with Gasteiger partial charge in [0.25, 0.3) is 5.91 Å². The first-order chi connectivity index (χ1) is 16.4. The number of carbonyl (C=O) groups excluding carboxylic acids is 5. The van der Waals surface area contributed by atoms with E-state index in [2.05, 4.69) is 15.6 Å². The van der Waals surface area contributed by atoms with E-state index in [1.165, 1.54) is 18.0 Å². The Bertz CT molecular complexity index is 1210. The van der Waals surface area contributed by atoms with Crippen LogP contribution in [0.1, 0.15) is 45.5 Å². The molecule has 1 atom stereocenters. The number of nitrogens with one attached hydrogen (secondary N) is 2. The van der Waals surface area contributed by atoms with E-state index < -0.39 is 17.9 Å². The number of fused-ring (bicyclic) bond motifs is 2. The first kappa shape index (κ1) is 23.0. The molecule has 34 heavy (non-hydrogen) atoms. The third kappa shape index (κ3) is 4.63. The average molecular weight is 460 g/mol. The van der Waals surface area contributed by atoms with Gasteiger partial charge in [0.15, 0.2) is 6.29 Å². The Morgan fingerprint density at radius 3 is 2.79 bits per heavy atom. The number of aldehydes is 1. The summed E-state index contributed by atoms with van der Waals surface area (Å²) in [5.41, 5.74) is 3.15. The lowest BCUT2D eigenvalue weighted by molar-refractivity contribution is -0.136. The number of hydrogen-bond donors (Lipinski definition) is 2. The molecule has 9 nitrogen and oxygen atoms in total. The Morgan fingerprint density at radius 2 is 2.03 bits per heavy atom. The number of likely N-dealkylation sites (N-methyl/N-ethyl adjacent to an activating group) is 1. The summed E-state index contributed by atoms with van der Waals surface area (Å²) in [6.45, 7) is 0.326. The number of aliphatic imine (C=N–C) groups is 1. The van der Waals surface area contributed by atoms with Gasteiger partial charge < -0.3 is 10.2 Å². The van der Waals surface area contributed by atoms with Crippen molar-refractivity contribution < 1.29 is 24.0 Å². The quantitative estimate of drug-likeness (QED) is 0.488. The highest BCUT2D eigenvalue weighted by Gasteiger charge is 2.33. The molecule has 1 aromatic rings. The second-order valence-corrected chi connectivity index (χ2v) is 8.27. The molecule has 9 heteroatoms. The Labute approximate surface area is 196 Å². The molecule has 0 aromatic heterocycles. The van der Waals surface area contributed by atoms with Gasteiger partial charge in [-0.2, -0.15) is 0 Å². The maximum atomic E-state index is 13.1. The van der Waals surface area contributed by atoms with Gasteiger partial charge in [0.05, 0.1) is 12.1 Å². The lowest BCUT2D eigenvalue weighted by Crippen LogP contribution is -2.53. The van der Waals surface area contributed by atoms with Gasteiger partial charge in [-0.3, -0.25) is 34.3 Å². The molecule has 2 bridgehead atoms. The third-order valence-corrected chi connectivity index (χ3v) is 6.15. The lowest BCUT2D eigenvalue weighted by Gasteiger charge is -2.30. The number of imide groups is 1. The Kier molecular flexibility index (Phi) is 6.62. The van der Waals surface area contributed by atoms with Crippen LogP contribution in [0.25, 0.3) is 0 Å². The minimum absolute atomic E-state index is 0.0471. The molecule has 4 amide bonds. The van der Waals surface area contributed by atoms with Crippen molar-refractivity contribution in [3.8, 4) is 0 Å². The minimum atomic E-state index is -0.805. The molecule has 0 saturated carbocycles. The first-order valence-electron chi connectivity index (χ1n) is 10.9.